The van der Waals surface area contributed by atoms with Crippen molar-refractivity contribution in [2.24, 2.45) is 5.10 Å². The van der Waals surface area contributed by atoms with Gasteiger partial charge in [-0.05, 0) is 30.7 Å². The van der Waals surface area contributed by atoms with Crippen LogP contribution < -0.4 is 19.8 Å². The molecule has 3 aromatic rings. The predicted molar refractivity (Wildman–Crippen MR) is 125 cm³/mol. The summed E-state index contributed by atoms with van der Waals surface area (Å²) in [7, 11) is 0. The van der Waals surface area contributed by atoms with Crippen molar-refractivity contribution in [2.45, 2.75) is 6.92 Å². The van der Waals surface area contributed by atoms with Gasteiger partial charge in [0.2, 0.25) is 11.8 Å². The first-order valence-electron chi connectivity index (χ1n) is 10.7. The van der Waals surface area contributed by atoms with Crippen LogP contribution in [0.25, 0.3) is 0 Å². The highest BCUT2D eigenvalue weighted by Crippen LogP contribution is 2.32. The fourth-order valence-corrected chi connectivity index (χ4v) is 3.18. The molecule has 2 aromatic heterocycles. The van der Waals surface area contributed by atoms with E-state index in [0.717, 1.165) is 12.4 Å². The monoisotopic (exact) mass is 483 g/mol. The number of hydrazone groups is 1. The highest BCUT2D eigenvalue weighted by molar-refractivity contribution is 5.81. The summed E-state index contributed by atoms with van der Waals surface area (Å²) in [5.41, 5.74) is 3.25. The summed E-state index contributed by atoms with van der Waals surface area (Å²) in [5, 5.41) is 14.9. The molecule has 1 aliphatic rings. The Morgan fingerprint density at radius 3 is 2.77 bits per heavy atom. The molecule has 0 spiro atoms. The number of nitrogens with zero attached hydrogens (tertiary/aromatic N) is 6. The Labute approximate surface area is 199 Å². The largest absolute Gasteiger partial charge is 0.490 e. The molecule has 0 aliphatic carbocycles. The Morgan fingerprint density at radius 1 is 1.23 bits per heavy atom. The molecule has 0 unspecified atom stereocenters. The van der Waals surface area contributed by atoms with E-state index in [2.05, 4.69) is 25.5 Å². The third-order valence-corrected chi connectivity index (χ3v) is 4.83. The van der Waals surface area contributed by atoms with Crippen molar-refractivity contribution in [3.05, 3.63) is 64.2 Å². The Bertz CT molecular complexity index is 1200. The Kier molecular flexibility index (Phi) is 7.57. The number of nitrogens with one attached hydrogen (secondary N) is 1. The molecular formula is C22H22FN7O5. The van der Waals surface area contributed by atoms with E-state index in [1.54, 1.807) is 23.1 Å². The zero-order valence-electron chi connectivity index (χ0n) is 18.8. The number of rotatable bonds is 9. The minimum atomic E-state index is -0.537. The van der Waals surface area contributed by atoms with Crippen molar-refractivity contribution >= 4 is 23.7 Å². The molecule has 0 atom stereocenters. The zero-order valence-corrected chi connectivity index (χ0v) is 18.8. The van der Waals surface area contributed by atoms with Crippen LogP contribution in [0.1, 0.15) is 12.5 Å². The number of pyridine rings is 1. The lowest BCUT2D eigenvalue weighted by Crippen LogP contribution is -2.37. The minimum Gasteiger partial charge on any atom is -0.490 e. The molecule has 13 heteroatoms. The Balaban J connectivity index is 1.45. The third kappa shape index (κ3) is 6.14. The summed E-state index contributed by atoms with van der Waals surface area (Å²) in [5.74, 6) is 0.837. The first kappa shape index (κ1) is 23.8. The molecule has 3 heterocycles. The summed E-state index contributed by atoms with van der Waals surface area (Å²) in [6.45, 7) is 4.31. The van der Waals surface area contributed by atoms with Gasteiger partial charge >= 0.3 is 0 Å². The highest BCUT2D eigenvalue weighted by Gasteiger charge is 2.18. The van der Waals surface area contributed by atoms with E-state index in [-0.39, 0.29) is 23.3 Å². The first-order valence-corrected chi connectivity index (χ1v) is 10.7. The molecular weight excluding hydrogens is 461 g/mol. The number of aromatic nitrogens is 3. The maximum absolute atomic E-state index is 14.2. The van der Waals surface area contributed by atoms with Crippen molar-refractivity contribution in [1.82, 2.24) is 15.0 Å². The van der Waals surface area contributed by atoms with Crippen LogP contribution in [-0.4, -0.2) is 59.0 Å². The summed E-state index contributed by atoms with van der Waals surface area (Å²) in [4.78, 5) is 24.1. The van der Waals surface area contributed by atoms with Gasteiger partial charge < -0.3 is 19.1 Å². The molecule has 1 saturated heterocycles. The van der Waals surface area contributed by atoms with Crippen LogP contribution in [0.3, 0.4) is 0 Å². The number of morpholine rings is 1. The SMILES string of the molecule is CCOc1cc(/C=N\Nc2ncc(F)c(N3CCOCC3)n2)ccc1Oc1ccc([N+](=O)[O-])cn1. The summed E-state index contributed by atoms with van der Waals surface area (Å²) >= 11 is 0. The summed E-state index contributed by atoms with van der Waals surface area (Å²) in [6, 6.07) is 7.82. The highest BCUT2D eigenvalue weighted by atomic mass is 19.1. The molecule has 0 saturated carbocycles. The quantitative estimate of drug-likeness (QED) is 0.274. The topological polar surface area (TPSA) is 137 Å². The maximum Gasteiger partial charge on any atom is 0.287 e. The van der Waals surface area contributed by atoms with E-state index in [0.29, 0.717) is 50.0 Å². The lowest BCUT2D eigenvalue weighted by molar-refractivity contribution is -0.385. The number of ether oxygens (including phenoxy) is 3. The van der Waals surface area contributed by atoms with E-state index in [4.69, 9.17) is 14.2 Å². The third-order valence-electron chi connectivity index (χ3n) is 4.83. The Morgan fingerprint density at radius 2 is 2.06 bits per heavy atom. The Hall–Kier alpha value is -4.39. The summed E-state index contributed by atoms with van der Waals surface area (Å²) in [6.07, 6.45) is 3.74. The van der Waals surface area contributed by atoms with Gasteiger partial charge in [0.05, 0.1) is 37.2 Å². The number of hydrogen-bond acceptors (Lipinski definition) is 11. The minimum absolute atomic E-state index is 0.136. The van der Waals surface area contributed by atoms with Gasteiger partial charge in [0.1, 0.15) is 6.20 Å². The molecule has 35 heavy (non-hydrogen) atoms. The molecule has 0 bridgehead atoms. The van der Waals surface area contributed by atoms with Crippen LogP contribution in [0, 0.1) is 15.9 Å². The fourth-order valence-electron chi connectivity index (χ4n) is 3.18. The van der Waals surface area contributed by atoms with E-state index in [1.165, 1.54) is 18.3 Å². The maximum atomic E-state index is 14.2. The smallest absolute Gasteiger partial charge is 0.287 e. The van der Waals surface area contributed by atoms with Crippen LogP contribution in [0.4, 0.5) is 21.8 Å². The van der Waals surface area contributed by atoms with Gasteiger partial charge in [-0.1, -0.05) is 0 Å². The molecule has 1 fully saturated rings. The van der Waals surface area contributed by atoms with Crippen molar-refractivity contribution in [1.29, 1.82) is 0 Å². The molecule has 0 amide bonds. The van der Waals surface area contributed by atoms with Crippen LogP contribution in [0.2, 0.25) is 0 Å². The number of benzene rings is 1. The van der Waals surface area contributed by atoms with Crippen LogP contribution in [-0.2, 0) is 4.74 Å². The second-order valence-electron chi connectivity index (χ2n) is 7.19. The molecule has 1 aromatic carbocycles. The average molecular weight is 483 g/mol. The van der Waals surface area contributed by atoms with Gasteiger partial charge in [-0.25, -0.2) is 19.8 Å². The van der Waals surface area contributed by atoms with Crippen molar-refractivity contribution in [2.75, 3.05) is 43.2 Å². The van der Waals surface area contributed by atoms with Crippen molar-refractivity contribution < 1.29 is 23.5 Å². The first-order chi connectivity index (χ1) is 17.0. The normalized spacial score (nSPS) is 13.6. The average Bonchev–Trinajstić information content (AvgIpc) is 2.87. The van der Waals surface area contributed by atoms with Crippen LogP contribution in [0.15, 0.2) is 47.8 Å². The fraction of sp³-hybridized carbons (Fsp3) is 0.273. The molecule has 182 valence electrons. The van der Waals surface area contributed by atoms with Gasteiger partial charge in [-0.2, -0.15) is 10.1 Å². The van der Waals surface area contributed by atoms with E-state index < -0.39 is 10.7 Å². The van der Waals surface area contributed by atoms with Gasteiger partial charge in [-0.15, -0.1) is 0 Å². The van der Waals surface area contributed by atoms with Crippen molar-refractivity contribution in [3.63, 3.8) is 0 Å². The van der Waals surface area contributed by atoms with E-state index in [1.807, 2.05) is 6.92 Å². The van der Waals surface area contributed by atoms with Gasteiger partial charge in [0, 0.05) is 25.2 Å². The number of anilines is 2. The van der Waals surface area contributed by atoms with Crippen LogP contribution >= 0.6 is 0 Å². The number of nitro groups is 1. The molecule has 0 radical (unpaired) electrons. The van der Waals surface area contributed by atoms with Crippen LogP contribution in [0.5, 0.6) is 17.4 Å². The van der Waals surface area contributed by atoms with Gasteiger partial charge in [-0.3, -0.25) is 10.1 Å². The predicted octanol–water partition coefficient (Wildman–Crippen LogP) is 3.39. The van der Waals surface area contributed by atoms with E-state index >= 15 is 0 Å². The second kappa shape index (κ2) is 11.2. The zero-order chi connectivity index (χ0) is 24.6. The second-order valence-corrected chi connectivity index (χ2v) is 7.19. The summed E-state index contributed by atoms with van der Waals surface area (Å²) < 4.78 is 30.8. The molecule has 1 aliphatic heterocycles. The lowest BCUT2D eigenvalue weighted by atomic mass is 10.2. The lowest BCUT2D eigenvalue weighted by Gasteiger charge is -2.27. The van der Waals surface area contributed by atoms with Gasteiger partial charge in [0.15, 0.2) is 23.1 Å². The molecule has 12 nitrogen and oxygen atoms in total. The number of hydrogen-bond donors (Lipinski definition) is 1. The molecule has 1 N–H and O–H groups in total. The standard InChI is InChI=1S/C22H22FN7O5/c1-2-34-19-11-15(3-5-18(19)35-20-6-4-16(13-24-20)30(31)32)12-26-28-22-25-14-17(23)21(27-22)29-7-9-33-10-8-29/h3-6,11-14H,2,7-10H2,1H3,(H,25,27,28)/b26-12-. The number of halogens is 1. The molecule has 4 rings (SSSR count). The van der Waals surface area contributed by atoms with Crippen molar-refractivity contribution in [3.8, 4) is 17.4 Å². The van der Waals surface area contributed by atoms with Gasteiger partial charge in [0.25, 0.3) is 5.69 Å². The van der Waals surface area contributed by atoms with E-state index in [9.17, 15) is 14.5 Å².